The number of carbonyl (C=O) groups is 4. The summed E-state index contributed by atoms with van der Waals surface area (Å²) >= 11 is 0. The molecule has 2 heterocycles. The van der Waals surface area contributed by atoms with Crippen LogP contribution >= 0.6 is 0 Å². The van der Waals surface area contributed by atoms with Gasteiger partial charge in [0.05, 0.1) is 25.9 Å². The molecule has 0 spiro atoms. The van der Waals surface area contributed by atoms with Crippen molar-refractivity contribution < 1.29 is 33.4 Å². The number of likely N-dealkylation sites (tertiary alicyclic amines) is 1. The summed E-state index contributed by atoms with van der Waals surface area (Å²) in [6, 6.07) is 21.2. The van der Waals surface area contributed by atoms with Crippen LogP contribution in [0, 0.1) is 0 Å². The number of amides is 3. The summed E-state index contributed by atoms with van der Waals surface area (Å²) in [7, 11) is 1.53. The zero-order valence-corrected chi connectivity index (χ0v) is 25.5. The first-order valence-electron chi connectivity index (χ1n) is 15.4. The summed E-state index contributed by atoms with van der Waals surface area (Å²) in [4.78, 5) is 53.2. The highest BCUT2D eigenvalue weighted by molar-refractivity contribution is 5.96. The van der Waals surface area contributed by atoms with E-state index in [9.17, 15) is 19.2 Å². The van der Waals surface area contributed by atoms with Crippen molar-refractivity contribution in [3.05, 3.63) is 89.5 Å². The van der Waals surface area contributed by atoms with E-state index in [-0.39, 0.29) is 49.1 Å². The Morgan fingerprint density at radius 2 is 1.82 bits per heavy atom. The molecule has 0 radical (unpaired) electrons. The van der Waals surface area contributed by atoms with Crippen LogP contribution < -0.4 is 20.1 Å². The van der Waals surface area contributed by atoms with Crippen LogP contribution in [0.25, 0.3) is 0 Å². The summed E-state index contributed by atoms with van der Waals surface area (Å²) in [5, 5.41) is 5.93. The molecule has 0 aliphatic carbocycles. The van der Waals surface area contributed by atoms with Gasteiger partial charge in [-0.25, -0.2) is 0 Å². The fourth-order valence-electron chi connectivity index (χ4n) is 5.57. The Morgan fingerprint density at radius 1 is 0.978 bits per heavy atom. The highest BCUT2D eigenvalue weighted by atomic mass is 16.5. The Balaban J connectivity index is 1.25. The predicted octanol–water partition coefficient (Wildman–Crippen LogP) is 4.67. The van der Waals surface area contributed by atoms with Crippen LogP contribution in [0.5, 0.6) is 17.2 Å². The van der Waals surface area contributed by atoms with Crippen molar-refractivity contribution in [1.82, 2.24) is 15.5 Å². The summed E-state index contributed by atoms with van der Waals surface area (Å²) < 4.78 is 17.8. The fourth-order valence-corrected chi connectivity index (χ4v) is 5.57. The lowest BCUT2D eigenvalue weighted by Gasteiger charge is -2.39. The quantitative estimate of drug-likeness (QED) is 0.388. The minimum absolute atomic E-state index is 0.0187. The number of carbonyl (C=O) groups excluding carboxylic acids is 4. The minimum atomic E-state index is -0.402. The number of methoxy groups -OCH3 is 1. The van der Waals surface area contributed by atoms with E-state index < -0.39 is 6.04 Å². The Labute approximate surface area is 263 Å². The van der Waals surface area contributed by atoms with Crippen LogP contribution in [0.15, 0.2) is 72.8 Å². The van der Waals surface area contributed by atoms with Gasteiger partial charge in [-0.05, 0) is 49.1 Å². The smallest absolute Gasteiger partial charge is 0.251 e. The van der Waals surface area contributed by atoms with Crippen LogP contribution in [0.2, 0.25) is 0 Å². The summed E-state index contributed by atoms with van der Waals surface area (Å²) in [6.45, 7) is 1.41. The number of hydrogen-bond acceptors (Lipinski definition) is 7. The van der Waals surface area contributed by atoms with Crippen molar-refractivity contribution in [3.8, 4) is 17.2 Å². The molecule has 2 atom stereocenters. The second kappa shape index (κ2) is 15.3. The van der Waals surface area contributed by atoms with E-state index in [0.717, 1.165) is 5.56 Å². The number of ketones is 1. The lowest BCUT2D eigenvalue weighted by Crippen LogP contribution is -2.57. The average molecular weight is 614 g/mol. The normalized spacial score (nSPS) is 19.1. The number of hydrogen-bond donors (Lipinski definition) is 2. The van der Waals surface area contributed by atoms with Crippen molar-refractivity contribution in [2.75, 3.05) is 26.7 Å². The molecular weight excluding hydrogens is 574 g/mol. The topological polar surface area (TPSA) is 123 Å². The molecule has 236 valence electrons. The maximum absolute atomic E-state index is 13.1. The molecule has 0 unspecified atom stereocenters. The Bertz CT molecular complexity index is 1510. The van der Waals surface area contributed by atoms with Gasteiger partial charge in [0, 0.05) is 56.1 Å². The standard InChI is InChI=1S/C35H39N3O7/c1-43-28-19-26-20-29(21-28)45-27-11-5-8-24(18-27)23-44-32-15-17-38(22-30(32)37-33(40)13-7-16-36-35(26)42)34(41)14-6-12-31(39)25-9-3-2-4-10-25/h2-5,8-11,18-21,30,32H,6-7,12-17,22-23H2,1H3,(H,36,42)(H,37,40)/t30-,32-/m0/s1. The number of nitrogens with zero attached hydrogens (tertiary/aromatic N) is 1. The highest BCUT2D eigenvalue weighted by Gasteiger charge is 2.33. The molecule has 10 heteroatoms. The number of piperidine rings is 1. The molecule has 3 aromatic rings. The monoisotopic (exact) mass is 613 g/mol. The van der Waals surface area contributed by atoms with E-state index in [4.69, 9.17) is 14.2 Å². The first-order valence-corrected chi connectivity index (χ1v) is 15.4. The third-order valence-electron chi connectivity index (χ3n) is 7.98. The van der Waals surface area contributed by atoms with Crippen molar-refractivity contribution >= 4 is 23.5 Å². The third-order valence-corrected chi connectivity index (χ3v) is 7.98. The average Bonchev–Trinajstić information content (AvgIpc) is 3.05. The van der Waals surface area contributed by atoms with Gasteiger partial charge in [-0.15, -0.1) is 0 Å². The van der Waals surface area contributed by atoms with E-state index in [1.807, 2.05) is 42.5 Å². The van der Waals surface area contributed by atoms with Crippen molar-refractivity contribution in [1.29, 1.82) is 0 Å². The first-order chi connectivity index (χ1) is 21.9. The van der Waals surface area contributed by atoms with Crippen molar-refractivity contribution in [3.63, 3.8) is 0 Å². The van der Waals surface area contributed by atoms with E-state index in [0.29, 0.717) is 73.7 Å². The molecule has 10 nitrogen and oxygen atoms in total. The fraction of sp³-hybridized carbons (Fsp3) is 0.371. The highest BCUT2D eigenvalue weighted by Crippen LogP contribution is 2.29. The molecular formula is C35H39N3O7. The second-order valence-electron chi connectivity index (χ2n) is 11.3. The maximum Gasteiger partial charge on any atom is 0.251 e. The number of Topliss-reactive ketones (excluding diaryl/α,β-unsaturated/α-hetero) is 1. The van der Waals surface area contributed by atoms with E-state index in [1.165, 1.54) is 7.11 Å². The van der Waals surface area contributed by atoms with Gasteiger partial charge in [0.25, 0.3) is 5.91 Å². The lowest BCUT2D eigenvalue weighted by atomic mass is 10.00. The molecule has 4 bridgehead atoms. The van der Waals surface area contributed by atoms with E-state index >= 15 is 0 Å². The Kier molecular flexibility index (Phi) is 10.8. The van der Waals surface area contributed by atoms with Crippen LogP contribution in [-0.4, -0.2) is 67.3 Å². The molecule has 3 aromatic carbocycles. The van der Waals surface area contributed by atoms with Crippen molar-refractivity contribution in [2.24, 2.45) is 0 Å². The molecule has 45 heavy (non-hydrogen) atoms. The SMILES string of the molecule is COc1cc2cc(c1)C(=O)NCCCC(=O)N[C@H]1CN(C(=O)CCCC(=O)c3ccccc3)CC[C@@H]1OCc1cccc(c1)O2. The number of ether oxygens (including phenoxy) is 3. The number of nitrogens with one attached hydrogen (secondary N) is 2. The van der Waals surface area contributed by atoms with Crippen LogP contribution in [0.1, 0.15) is 64.8 Å². The van der Waals surface area contributed by atoms with Gasteiger partial charge in [-0.3, -0.25) is 19.2 Å². The van der Waals surface area contributed by atoms with Gasteiger partial charge >= 0.3 is 0 Å². The maximum atomic E-state index is 13.1. The van der Waals surface area contributed by atoms with Crippen molar-refractivity contribution in [2.45, 2.75) is 57.3 Å². The Hall–Kier alpha value is -4.70. The predicted molar refractivity (Wildman–Crippen MR) is 167 cm³/mol. The summed E-state index contributed by atoms with van der Waals surface area (Å²) in [5.74, 6) is 1.02. The van der Waals surface area contributed by atoms with Gasteiger partial charge in [0.2, 0.25) is 11.8 Å². The number of benzene rings is 3. The van der Waals surface area contributed by atoms with Crippen LogP contribution in [-0.2, 0) is 20.9 Å². The van der Waals surface area contributed by atoms with E-state index in [1.54, 1.807) is 35.2 Å². The zero-order valence-electron chi connectivity index (χ0n) is 25.5. The summed E-state index contributed by atoms with van der Waals surface area (Å²) in [6.07, 6.45) is 1.90. The molecule has 1 fully saturated rings. The molecule has 1 saturated heterocycles. The van der Waals surface area contributed by atoms with E-state index in [2.05, 4.69) is 10.6 Å². The minimum Gasteiger partial charge on any atom is -0.497 e. The molecule has 2 N–H and O–H groups in total. The van der Waals surface area contributed by atoms with Crippen LogP contribution in [0.3, 0.4) is 0 Å². The lowest BCUT2D eigenvalue weighted by molar-refractivity contribution is -0.137. The van der Waals surface area contributed by atoms with Gasteiger partial charge in [0.1, 0.15) is 17.2 Å². The van der Waals surface area contributed by atoms with Gasteiger partial charge in [-0.2, -0.15) is 0 Å². The molecule has 0 saturated carbocycles. The molecule has 2 aliphatic heterocycles. The number of rotatable bonds is 6. The zero-order chi connectivity index (χ0) is 31.6. The molecule has 5 rings (SSSR count). The first kappa shape index (κ1) is 31.7. The largest absolute Gasteiger partial charge is 0.497 e. The number of fused-ring (bicyclic) bond motifs is 5. The van der Waals surface area contributed by atoms with Gasteiger partial charge in [-0.1, -0.05) is 42.5 Å². The van der Waals surface area contributed by atoms with Crippen LogP contribution in [0.4, 0.5) is 0 Å². The molecule has 0 aromatic heterocycles. The Morgan fingerprint density at radius 3 is 2.64 bits per heavy atom. The van der Waals surface area contributed by atoms with Gasteiger partial charge < -0.3 is 29.7 Å². The second-order valence-corrected chi connectivity index (χ2v) is 11.3. The van der Waals surface area contributed by atoms with Gasteiger partial charge in [0.15, 0.2) is 5.78 Å². The third kappa shape index (κ3) is 8.92. The molecule has 2 aliphatic rings. The summed E-state index contributed by atoms with van der Waals surface area (Å²) in [5.41, 5.74) is 1.91. The molecule has 3 amide bonds.